The summed E-state index contributed by atoms with van der Waals surface area (Å²) in [7, 11) is 0. The summed E-state index contributed by atoms with van der Waals surface area (Å²) in [4.78, 5) is 0. The fraction of sp³-hybridized carbons (Fsp3) is 0.160. The minimum Gasteiger partial charge on any atom is -0.356 e. The van der Waals surface area contributed by atoms with Crippen molar-refractivity contribution in [3.05, 3.63) is 181 Å². The second kappa shape index (κ2) is 16.0. The van der Waals surface area contributed by atoms with Crippen LogP contribution in [0.25, 0.3) is 44.5 Å². The van der Waals surface area contributed by atoms with Crippen LogP contribution in [0.1, 0.15) is 63.5 Å². The fourth-order valence-electron chi connectivity index (χ4n) is 6.68. The molecule has 0 spiro atoms. The van der Waals surface area contributed by atoms with Gasteiger partial charge in [-0.3, -0.25) is 0 Å². The zero-order chi connectivity index (χ0) is 35.9. The van der Waals surface area contributed by atoms with Gasteiger partial charge in [-0.15, -0.1) is 0 Å². The van der Waals surface area contributed by atoms with E-state index in [2.05, 4.69) is 208 Å². The highest BCUT2D eigenvalue weighted by Crippen LogP contribution is 2.32. The van der Waals surface area contributed by atoms with Gasteiger partial charge in [-0.2, -0.15) is 0 Å². The average Bonchev–Trinajstić information content (AvgIpc) is 3.21. The first-order valence-corrected chi connectivity index (χ1v) is 18.7. The summed E-state index contributed by atoms with van der Waals surface area (Å²) in [6.45, 7) is 9.02. The molecule has 0 bridgehead atoms. The second-order valence-electron chi connectivity index (χ2n) is 14.0. The van der Waals surface area contributed by atoms with E-state index in [-0.39, 0.29) is 0 Å². The molecule has 0 aromatic heterocycles. The van der Waals surface area contributed by atoms with Crippen molar-refractivity contribution in [3.8, 4) is 44.5 Å². The first-order valence-electron chi connectivity index (χ1n) is 18.7. The maximum atomic E-state index is 3.54. The van der Waals surface area contributed by atoms with Gasteiger partial charge in [0.2, 0.25) is 0 Å². The number of nitrogens with one attached hydrogen (secondary N) is 2. The van der Waals surface area contributed by atoms with Gasteiger partial charge in [0.15, 0.2) is 0 Å². The monoisotopic (exact) mass is 676 g/mol. The minimum absolute atomic E-state index is 0.587. The van der Waals surface area contributed by atoms with E-state index in [0.29, 0.717) is 11.8 Å². The van der Waals surface area contributed by atoms with Gasteiger partial charge in [-0.1, -0.05) is 143 Å². The van der Waals surface area contributed by atoms with Crippen LogP contribution in [-0.4, -0.2) is 0 Å². The number of rotatable bonds is 12. The second-order valence-corrected chi connectivity index (χ2v) is 14.0. The fourth-order valence-corrected chi connectivity index (χ4v) is 6.68. The zero-order valence-electron chi connectivity index (χ0n) is 30.7. The lowest BCUT2D eigenvalue weighted by Crippen LogP contribution is -1.93. The van der Waals surface area contributed by atoms with Crippen molar-refractivity contribution in [3.63, 3.8) is 0 Å². The molecule has 0 radical (unpaired) electrons. The Morgan fingerprint density at radius 3 is 0.865 bits per heavy atom. The van der Waals surface area contributed by atoms with E-state index in [1.54, 1.807) is 0 Å². The third kappa shape index (κ3) is 8.19. The van der Waals surface area contributed by atoms with Crippen molar-refractivity contribution < 1.29 is 0 Å². The molecule has 7 rings (SSSR count). The predicted octanol–water partition coefficient (Wildman–Crippen LogP) is 14.9. The van der Waals surface area contributed by atoms with Gasteiger partial charge >= 0.3 is 0 Å². The van der Waals surface area contributed by atoms with Crippen molar-refractivity contribution in [1.29, 1.82) is 0 Å². The molecule has 2 unspecified atom stereocenters. The number of benzene rings is 7. The van der Waals surface area contributed by atoms with Crippen molar-refractivity contribution in [1.82, 2.24) is 0 Å². The van der Waals surface area contributed by atoms with Gasteiger partial charge in [0.1, 0.15) is 0 Å². The standard InChI is InChI=1S/C50H48N2/c1-5-35(3)37-18-26-47(27-19-37)51-49-30-22-41(23-31-49)39-10-14-43(15-11-39)45-8-7-9-46(34-45)44-16-12-40(13-17-44)42-24-32-50(33-25-42)52-48-28-20-38(21-29-48)36(4)6-2/h7-36,51-52H,5-6H2,1-4H3. The van der Waals surface area contributed by atoms with Crippen LogP contribution in [0, 0.1) is 0 Å². The first kappa shape index (κ1) is 34.6. The molecule has 0 amide bonds. The Balaban J connectivity index is 0.976. The minimum atomic E-state index is 0.587. The lowest BCUT2D eigenvalue weighted by molar-refractivity contribution is 0.734. The quantitative estimate of drug-likeness (QED) is 0.135. The molecule has 258 valence electrons. The Bertz CT molecular complexity index is 2020. The highest BCUT2D eigenvalue weighted by molar-refractivity contribution is 5.77. The number of anilines is 4. The van der Waals surface area contributed by atoms with Gasteiger partial charge in [0.25, 0.3) is 0 Å². The number of hydrogen-bond acceptors (Lipinski definition) is 2. The Kier molecular flexibility index (Phi) is 10.6. The van der Waals surface area contributed by atoms with Gasteiger partial charge in [0.05, 0.1) is 0 Å². The third-order valence-corrected chi connectivity index (χ3v) is 10.5. The largest absolute Gasteiger partial charge is 0.356 e. The molecule has 0 heterocycles. The van der Waals surface area contributed by atoms with Gasteiger partial charge in [-0.05, 0) is 135 Å². The van der Waals surface area contributed by atoms with Crippen LogP contribution >= 0.6 is 0 Å². The van der Waals surface area contributed by atoms with E-state index in [4.69, 9.17) is 0 Å². The summed E-state index contributed by atoms with van der Waals surface area (Å²) in [5.41, 5.74) is 16.8. The van der Waals surface area contributed by atoms with Crippen LogP contribution in [0.3, 0.4) is 0 Å². The highest BCUT2D eigenvalue weighted by atomic mass is 14.9. The summed E-state index contributed by atoms with van der Waals surface area (Å²) in [6, 6.07) is 61.6. The summed E-state index contributed by atoms with van der Waals surface area (Å²) < 4.78 is 0. The summed E-state index contributed by atoms with van der Waals surface area (Å²) in [5.74, 6) is 1.17. The van der Waals surface area contributed by atoms with Crippen LogP contribution in [0.4, 0.5) is 22.7 Å². The molecular weight excluding hydrogens is 629 g/mol. The van der Waals surface area contributed by atoms with E-state index in [1.807, 2.05) is 0 Å². The van der Waals surface area contributed by atoms with Crippen molar-refractivity contribution >= 4 is 22.7 Å². The molecule has 2 nitrogen and oxygen atoms in total. The first-order chi connectivity index (χ1) is 25.4. The Hall–Kier alpha value is -5.86. The Morgan fingerprint density at radius 2 is 0.577 bits per heavy atom. The molecule has 52 heavy (non-hydrogen) atoms. The van der Waals surface area contributed by atoms with Crippen LogP contribution in [0.2, 0.25) is 0 Å². The van der Waals surface area contributed by atoms with Gasteiger partial charge in [-0.25, -0.2) is 0 Å². The van der Waals surface area contributed by atoms with E-state index in [1.165, 1.54) is 55.6 Å². The maximum absolute atomic E-state index is 3.54. The molecule has 0 fully saturated rings. The van der Waals surface area contributed by atoms with Crippen molar-refractivity contribution in [2.75, 3.05) is 10.6 Å². The van der Waals surface area contributed by atoms with Crippen molar-refractivity contribution in [2.45, 2.75) is 52.4 Å². The molecule has 2 heteroatoms. The zero-order valence-corrected chi connectivity index (χ0v) is 30.7. The molecule has 0 aliphatic heterocycles. The molecule has 2 atom stereocenters. The third-order valence-electron chi connectivity index (χ3n) is 10.5. The topological polar surface area (TPSA) is 24.1 Å². The normalized spacial score (nSPS) is 12.2. The molecule has 7 aromatic carbocycles. The van der Waals surface area contributed by atoms with Crippen LogP contribution in [0.5, 0.6) is 0 Å². The number of hydrogen-bond donors (Lipinski definition) is 2. The summed E-state index contributed by atoms with van der Waals surface area (Å²) in [5, 5.41) is 7.08. The SMILES string of the molecule is CCC(C)c1ccc(Nc2ccc(-c3ccc(-c4cccc(-c5ccc(-c6ccc(Nc7ccc(C(C)CC)cc7)cc6)cc5)c4)cc3)cc2)cc1. The molecule has 0 aliphatic rings. The molecular formula is C50H48N2. The average molecular weight is 677 g/mol. The van der Waals surface area contributed by atoms with E-state index in [0.717, 1.165) is 35.6 Å². The van der Waals surface area contributed by atoms with Gasteiger partial charge < -0.3 is 10.6 Å². The molecule has 7 aromatic rings. The predicted molar refractivity (Wildman–Crippen MR) is 225 cm³/mol. The maximum Gasteiger partial charge on any atom is 0.0384 e. The highest BCUT2D eigenvalue weighted by Gasteiger charge is 2.07. The van der Waals surface area contributed by atoms with Crippen molar-refractivity contribution in [2.24, 2.45) is 0 Å². The lowest BCUT2D eigenvalue weighted by Gasteiger charge is -2.12. The van der Waals surface area contributed by atoms with E-state index in [9.17, 15) is 0 Å². The summed E-state index contributed by atoms with van der Waals surface area (Å²) in [6.07, 6.45) is 2.31. The van der Waals surface area contributed by atoms with E-state index >= 15 is 0 Å². The van der Waals surface area contributed by atoms with Crippen LogP contribution in [-0.2, 0) is 0 Å². The van der Waals surface area contributed by atoms with Crippen LogP contribution in [0.15, 0.2) is 170 Å². The molecule has 2 N–H and O–H groups in total. The van der Waals surface area contributed by atoms with Crippen LogP contribution < -0.4 is 10.6 Å². The Labute approximate surface area is 310 Å². The lowest BCUT2D eigenvalue weighted by atomic mass is 9.96. The summed E-state index contributed by atoms with van der Waals surface area (Å²) >= 11 is 0. The molecule has 0 saturated carbocycles. The smallest absolute Gasteiger partial charge is 0.0384 e. The van der Waals surface area contributed by atoms with Gasteiger partial charge in [0, 0.05) is 22.7 Å². The van der Waals surface area contributed by atoms with E-state index < -0.39 is 0 Å². The molecule has 0 saturated heterocycles. The molecule has 0 aliphatic carbocycles. The Morgan fingerprint density at radius 1 is 0.327 bits per heavy atom.